The predicted molar refractivity (Wildman–Crippen MR) is 91.3 cm³/mol. The molecule has 0 spiro atoms. The van der Waals surface area contributed by atoms with E-state index in [1.54, 1.807) is 11.8 Å². The van der Waals surface area contributed by atoms with Crippen LogP contribution in [0, 0.1) is 18.3 Å². The number of ether oxygens (including phenoxy) is 1. The Balaban J connectivity index is 1.53. The first-order valence-corrected chi connectivity index (χ1v) is 8.43. The Bertz CT molecular complexity index is 822. The highest BCUT2D eigenvalue weighted by Gasteiger charge is 2.64. The molecule has 0 bridgehead atoms. The number of benzene rings is 1. The van der Waals surface area contributed by atoms with Gasteiger partial charge in [-0.2, -0.15) is 9.78 Å². The van der Waals surface area contributed by atoms with Crippen LogP contribution in [0.2, 0.25) is 0 Å². The van der Waals surface area contributed by atoms with E-state index in [4.69, 9.17) is 4.74 Å². The number of methoxy groups -OCH3 is 1. The first-order chi connectivity index (χ1) is 11.4. The number of aromatic nitrogens is 2. The van der Waals surface area contributed by atoms with Crippen molar-refractivity contribution in [2.45, 2.75) is 39.7 Å². The molecule has 24 heavy (non-hydrogen) atoms. The highest BCUT2D eigenvalue weighted by atomic mass is 16.5. The Labute approximate surface area is 142 Å². The minimum atomic E-state index is -0.163. The van der Waals surface area contributed by atoms with Crippen molar-refractivity contribution in [2.75, 3.05) is 7.11 Å². The molecule has 4 rings (SSSR count). The van der Waals surface area contributed by atoms with Crippen molar-refractivity contribution in [1.29, 1.82) is 0 Å². The summed E-state index contributed by atoms with van der Waals surface area (Å²) in [6.07, 6.45) is 0.954. The molecule has 1 N–H and O–H groups in total. The lowest BCUT2D eigenvalue weighted by Gasteiger charge is -2.12. The summed E-state index contributed by atoms with van der Waals surface area (Å²) in [7, 11) is 1.64. The number of para-hydroxylation sites is 1. The van der Waals surface area contributed by atoms with Crippen molar-refractivity contribution in [3.63, 3.8) is 0 Å². The van der Waals surface area contributed by atoms with Crippen LogP contribution in [0.4, 0.5) is 4.79 Å². The van der Waals surface area contributed by atoms with E-state index in [9.17, 15) is 4.79 Å². The van der Waals surface area contributed by atoms with E-state index in [0.29, 0.717) is 23.8 Å². The summed E-state index contributed by atoms with van der Waals surface area (Å²) in [5.74, 6) is 2.02. The molecule has 2 aliphatic carbocycles. The standard InChI is InChI=1S/C19H23N3O2/c1-11-16-14(9-13-17(16)19(13,2)3)22(21-11)18(23)20-10-12-7-5-6-8-15(12)24-4/h5-8,13,17H,9-10H2,1-4H3,(H,20,23)/t13-,17-/m1/s1. The van der Waals surface area contributed by atoms with E-state index in [0.717, 1.165) is 29.1 Å². The Morgan fingerprint density at radius 2 is 2.17 bits per heavy atom. The SMILES string of the molecule is COc1ccccc1CNC(=O)n1nc(C)c2c1C[C@@H]1[C@H]2C1(C)C. The van der Waals surface area contributed by atoms with Crippen molar-refractivity contribution < 1.29 is 9.53 Å². The summed E-state index contributed by atoms with van der Waals surface area (Å²) in [6.45, 7) is 7.06. The summed E-state index contributed by atoms with van der Waals surface area (Å²) in [6, 6.07) is 7.55. The van der Waals surface area contributed by atoms with Gasteiger partial charge >= 0.3 is 6.03 Å². The van der Waals surface area contributed by atoms with Gasteiger partial charge in [0.05, 0.1) is 18.5 Å². The summed E-state index contributed by atoms with van der Waals surface area (Å²) in [4.78, 5) is 12.6. The van der Waals surface area contributed by atoms with E-state index in [-0.39, 0.29) is 6.03 Å². The third-order valence-electron chi connectivity index (χ3n) is 5.80. The molecule has 2 aromatic rings. The van der Waals surface area contributed by atoms with Gasteiger partial charge in [-0.1, -0.05) is 32.0 Å². The molecule has 2 atom stereocenters. The Morgan fingerprint density at radius 3 is 2.92 bits per heavy atom. The average molecular weight is 325 g/mol. The number of hydrogen-bond acceptors (Lipinski definition) is 3. The van der Waals surface area contributed by atoms with Gasteiger partial charge in [0, 0.05) is 17.7 Å². The maximum Gasteiger partial charge on any atom is 0.342 e. The molecule has 1 heterocycles. The topological polar surface area (TPSA) is 56.1 Å². The summed E-state index contributed by atoms with van der Waals surface area (Å²) in [5, 5.41) is 7.47. The van der Waals surface area contributed by atoms with Crippen LogP contribution in [0.5, 0.6) is 5.75 Å². The van der Waals surface area contributed by atoms with Crippen LogP contribution in [0.15, 0.2) is 24.3 Å². The maximum absolute atomic E-state index is 12.6. The lowest BCUT2D eigenvalue weighted by molar-refractivity contribution is 0.238. The van der Waals surface area contributed by atoms with Crippen LogP contribution in [0.3, 0.4) is 0 Å². The summed E-state index contributed by atoms with van der Waals surface area (Å²) < 4.78 is 6.90. The number of fused-ring (bicyclic) bond motifs is 3. The minimum absolute atomic E-state index is 0.163. The van der Waals surface area contributed by atoms with Gasteiger partial charge in [0.15, 0.2) is 0 Å². The molecule has 0 aliphatic heterocycles. The number of hydrogen-bond donors (Lipinski definition) is 1. The summed E-state index contributed by atoms with van der Waals surface area (Å²) in [5.41, 5.74) is 4.71. The van der Waals surface area contributed by atoms with Gasteiger partial charge in [-0.15, -0.1) is 0 Å². The third kappa shape index (κ3) is 2.07. The molecule has 0 saturated heterocycles. The van der Waals surface area contributed by atoms with Crippen molar-refractivity contribution in [2.24, 2.45) is 11.3 Å². The van der Waals surface area contributed by atoms with Gasteiger partial charge in [0.25, 0.3) is 0 Å². The number of carbonyl (C=O) groups is 1. The van der Waals surface area contributed by atoms with Crippen molar-refractivity contribution in [3.05, 3.63) is 46.8 Å². The number of nitrogens with zero attached hydrogens (tertiary/aromatic N) is 2. The van der Waals surface area contributed by atoms with Crippen molar-refractivity contribution >= 4 is 6.03 Å². The van der Waals surface area contributed by atoms with Crippen LogP contribution in [0.25, 0.3) is 0 Å². The molecular weight excluding hydrogens is 302 g/mol. The second-order valence-corrected chi connectivity index (χ2v) is 7.44. The molecule has 1 saturated carbocycles. The van der Waals surface area contributed by atoms with Crippen LogP contribution < -0.4 is 10.1 Å². The molecule has 0 radical (unpaired) electrons. The highest BCUT2D eigenvalue weighted by molar-refractivity contribution is 5.77. The lowest BCUT2D eigenvalue weighted by Crippen LogP contribution is -2.30. The smallest absolute Gasteiger partial charge is 0.342 e. The lowest BCUT2D eigenvalue weighted by atomic mass is 9.98. The molecular formula is C19H23N3O2. The largest absolute Gasteiger partial charge is 0.496 e. The van der Waals surface area contributed by atoms with Crippen LogP contribution in [-0.2, 0) is 13.0 Å². The Hall–Kier alpha value is -2.30. The number of rotatable bonds is 3. The molecule has 1 fully saturated rings. The fraction of sp³-hybridized carbons (Fsp3) is 0.474. The minimum Gasteiger partial charge on any atom is -0.496 e. The quantitative estimate of drug-likeness (QED) is 0.942. The van der Waals surface area contributed by atoms with Gasteiger partial charge in [0.1, 0.15) is 5.75 Å². The van der Waals surface area contributed by atoms with E-state index in [1.807, 2.05) is 31.2 Å². The molecule has 0 unspecified atom stereocenters. The Kier molecular flexibility index (Phi) is 3.24. The first-order valence-electron chi connectivity index (χ1n) is 8.43. The monoisotopic (exact) mass is 325 g/mol. The van der Waals surface area contributed by atoms with Crippen molar-refractivity contribution in [3.8, 4) is 5.75 Å². The molecule has 5 nitrogen and oxygen atoms in total. The number of nitrogens with one attached hydrogen (secondary N) is 1. The fourth-order valence-electron chi connectivity index (χ4n) is 4.36. The molecule has 1 aromatic carbocycles. The van der Waals surface area contributed by atoms with Gasteiger partial charge in [-0.3, -0.25) is 0 Å². The predicted octanol–water partition coefficient (Wildman–Crippen LogP) is 3.25. The van der Waals surface area contributed by atoms with Gasteiger partial charge in [0.2, 0.25) is 0 Å². The Morgan fingerprint density at radius 1 is 1.42 bits per heavy atom. The molecule has 126 valence electrons. The third-order valence-corrected chi connectivity index (χ3v) is 5.80. The zero-order valence-electron chi connectivity index (χ0n) is 14.6. The van der Waals surface area contributed by atoms with Crippen molar-refractivity contribution in [1.82, 2.24) is 15.1 Å². The normalized spacial score (nSPS) is 22.7. The molecule has 1 aromatic heterocycles. The summed E-state index contributed by atoms with van der Waals surface area (Å²) >= 11 is 0. The zero-order valence-corrected chi connectivity index (χ0v) is 14.6. The van der Waals surface area contributed by atoms with E-state index in [1.165, 1.54) is 5.56 Å². The zero-order chi connectivity index (χ0) is 17.1. The van der Waals surface area contributed by atoms with Gasteiger partial charge in [-0.25, -0.2) is 4.79 Å². The number of carbonyl (C=O) groups excluding carboxylic acids is 1. The van der Waals surface area contributed by atoms with Crippen LogP contribution in [-0.4, -0.2) is 22.9 Å². The van der Waals surface area contributed by atoms with E-state index >= 15 is 0 Å². The molecule has 5 heteroatoms. The van der Waals surface area contributed by atoms with Gasteiger partial charge in [-0.05, 0) is 36.7 Å². The first kappa shape index (κ1) is 15.2. The van der Waals surface area contributed by atoms with Crippen LogP contribution in [0.1, 0.15) is 42.3 Å². The maximum atomic E-state index is 12.6. The van der Waals surface area contributed by atoms with E-state index in [2.05, 4.69) is 24.3 Å². The van der Waals surface area contributed by atoms with Crippen LogP contribution >= 0.6 is 0 Å². The molecule has 2 aliphatic rings. The highest BCUT2D eigenvalue weighted by Crippen LogP contribution is 2.70. The fourth-order valence-corrected chi connectivity index (χ4v) is 4.36. The average Bonchev–Trinajstić information content (AvgIpc) is 2.92. The second kappa shape index (κ2) is 5.10. The number of amides is 1. The molecule has 1 amide bonds. The van der Waals surface area contributed by atoms with Gasteiger partial charge < -0.3 is 10.1 Å². The number of aryl methyl sites for hydroxylation is 1. The van der Waals surface area contributed by atoms with E-state index < -0.39 is 0 Å². The second-order valence-electron chi connectivity index (χ2n) is 7.44.